The van der Waals surface area contributed by atoms with Gasteiger partial charge in [0.1, 0.15) is 54.6 Å². The number of aliphatic carboxylic acids is 2. The van der Waals surface area contributed by atoms with Crippen molar-refractivity contribution in [1.82, 2.24) is 47.9 Å². The predicted molar refractivity (Wildman–Crippen MR) is 301 cm³/mol. The molecule has 22 N–H and O–H groups in total. The van der Waals surface area contributed by atoms with E-state index in [0.717, 1.165) is 64.4 Å². The molecule has 1 aliphatic heterocycles. The largest absolute Gasteiger partial charge is 0.481 e. The van der Waals surface area contributed by atoms with Gasteiger partial charge in [-0.3, -0.25) is 47.9 Å². The fourth-order valence-corrected chi connectivity index (χ4v) is 8.58. The number of aliphatic hydroxyl groups is 5. The van der Waals surface area contributed by atoms with Gasteiger partial charge in [0.05, 0.1) is 43.1 Å². The summed E-state index contributed by atoms with van der Waals surface area (Å²) in [5, 5.41) is 92.8. The van der Waals surface area contributed by atoms with Crippen LogP contribution in [0.15, 0.2) is 11.8 Å². The van der Waals surface area contributed by atoms with E-state index in [9.17, 15) is 93.3 Å². The molecule has 0 saturated carbocycles. The van der Waals surface area contributed by atoms with E-state index >= 15 is 0 Å². The molecular weight excluding hydrogens is 1150 g/mol. The number of carbonyl (C=O) groups excluding carboxylic acids is 10. The number of unbranched alkanes of at least 4 members (excludes halogenated alkanes) is 9. The van der Waals surface area contributed by atoms with Crippen LogP contribution in [0.4, 0.5) is 0 Å². The Morgan fingerprint density at radius 1 is 0.612 bits per heavy atom. The lowest BCUT2D eigenvalue weighted by Gasteiger charge is -2.29. The summed E-state index contributed by atoms with van der Waals surface area (Å²) in [6.07, 6.45) is -3.05. The maximum Gasteiger partial charge on any atom is 0.335 e. The fraction of sp³-hybridized carbons (Fsp3) is 0.731. The van der Waals surface area contributed by atoms with Crippen LogP contribution in [0.3, 0.4) is 0 Å². The van der Waals surface area contributed by atoms with Crippen LogP contribution < -0.4 is 65.1 Å². The first-order chi connectivity index (χ1) is 40.2. The molecule has 0 spiro atoms. The lowest BCUT2D eigenvalue weighted by Crippen LogP contribution is -2.63. The highest BCUT2D eigenvalue weighted by atomic mass is 35.5. The summed E-state index contributed by atoms with van der Waals surface area (Å²) in [7, 11) is 0. The maximum atomic E-state index is 14.2. The van der Waals surface area contributed by atoms with E-state index in [0.29, 0.717) is 6.42 Å². The van der Waals surface area contributed by atoms with Gasteiger partial charge in [-0.05, 0) is 72.0 Å². The number of hydrogen-bond donors (Lipinski definition) is 19. The minimum atomic E-state index is -2.78. The molecule has 0 radical (unpaired) electrons. The van der Waals surface area contributed by atoms with Crippen LogP contribution in [-0.2, 0) is 62.3 Å². The zero-order valence-electron chi connectivity index (χ0n) is 48.2. The molecule has 1 heterocycles. The molecule has 484 valence electrons. The van der Waals surface area contributed by atoms with Crippen molar-refractivity contribution in [3.63, 3.8) is 0 Å². The van der Waals surface area contributed by atoms with Crippen LogP contribution in [0, 0.1) is 0 Å². The molecule has 0 aromatic rings. The van der Waals surface area contributed by atoms with Crippen LogP contribution in [-0.4, -0.2) is 218 Å². The van der Waals surface area contributed by atoms with E-state index in [1.54, 1.807) is 0 Å². The fourth-order valence-electron chi connectivity index (χ4n) is 8.40. The summed E-state index contributed by atoms with van der Waals surface area (Å²) in [6, 6.07) is -16.2. The lowest BCUT2D eigenvalue weighted by molar-refractivity contribution is -0.153. The molecule has 9 amide bonds. The third-order valence-electron chi connectivity index (χ3n) is 13.3. The minimum absolute atomic E-state index is 0.0324. The molecule has 2 unspecified atom stereocenters. The third kappa shape index (κ3) is 28.4. The number of carboxylic acid groups (broad SMARTS) is 2. The van der Waals surface area contributed by atoms with Gasteiger partial charge in [-0.15, -0.1) is 11.6 Å². The zero-order chi connectivity index (χ0) is 64.3. The Hall–Kier alpha value is -6.65. The first-order valence-electron chi connectivity index (χ1n) is 28.3. The predicted octanol–water partition coefficient (Wildman–Crippen LogP) is -5.80. The first-order valence-corrected chi connectivity index (χ1v) is 28.8. The Balaban J connectivity index is 4.00. The Kier molecular flexibility index (Phi) is 37.2. The number of ether oxygens (including phenoxy) is 1. The number of nitrogens with two attached hydrogens (primary N) is 3. The average Bonchev–Trinajstić information content (AvgIpc) is 3.64. The number of cyclic esters (lactones) is 1. The normalized spacial score (nSPS) is 24.6. The number of hydrogen-bond acceptors (Lipinski definition) is 21. The number of nitrogens with one attached hydrogen (secondary N) is 9. The smallest absolute Gasteiger partial charge is 0.335 e. The molecule has 0 bridgehead atoms. The van der Waals surface area contributed by atoms with Crippen molar-refractivity contribution >= 4 is 82.7 Å². The summed E-state index contributed by atoms with van der Waals surface area (Å²) in [5.41, 5.74) is 16.4. The van der Waals surface area contributed by atoms with Crippen LogP contribution in [0.5, 0.6) is 0 Å². The van der Waals surface area contributed by atoms with Crippen molar-refractivity contribution in [3.8, 4) is 0 Å². The molecule has 1 rings (SSSR count). The number of carboxylic acids is 2. The van der Waals surface area contributed by atoms with Crippen molar-refractivity contribution in [2.75, 3.05) is 32.1 Å². The molecular formula is C52H89ClN12O20. The quantitative estimate of drug-likeness (QED) is 0.0144. The van der Waals surface area contributed by atoms with Gasteiger partial charge in [-0.25, -0.2) is 9.59 Å². The summed E-state index contributed by atoms with van der Waals surface area (Å²) < 4.78 is 5.31. The number of carbonyl (C=O) groups is 12. The standard InChI is InChI=1S/C52H89ClN12O20/c1-4-6-7-8-9-10-11-12-13-17-34(67)35(68)24-37(70)57-33-26-85-52(84)40(36(69)25-53)64-43(74)28(5-2)58-49(80)39(27(3)66)63-46(77)31(19-22-56)61-50(81)41(42(73)51(82)83)65-45(76)29(16-14-15-20-54)59-47(78)32(23-38(71)72)62-44(75)30(18-21-55)60-48(33)79/h5,27,29-36,39-42,66-69,73H,4,6-26,54-56H2,1-3H3,(H,57,70)(H,58,80)(H,59,78)(H,60,79)(H,61,81)(H,62,75)(H,63,77)(H,64,74)(H,65,76)(H,71,72)(H,82,83)/b28-5-/t27-,29-,30+,31-,32-,33-,34?,35?,36+,39-,40-,41-,42-/m0/s1. The van der Waals surface area contributed by atoms with Crippen LogP contribution in [0.25, 0.3) is 0 Å². The second kappa shape index (κ2) is 41.4. The minimum Gasteiger partial charge on any atom is -0.481 e. The number of aliphatic hydroxyl groups excluding tert-OH is 5. The summed E-state index contributed by atoms with van der Waals surface area (Å²) in [4.78, 5) is 163. The second-order valence-electron chi connectivity index (χ2n) is 20.3. The Morgan fingerprint density at radius 3 is 1.64 bits per heavy atom. The van der Waals surface area contributed by atoms with Gasteiger partial charge in [-0.1, -0.05) is 70.8 Å². The highest BCUT2D eigenvalue weighted by Gasteiger charge is 2.40. The number of rotatable bonds is 29. The van der Waals surface area contributed by atoms with E-state index in [1.165, 1.54) is 6.92 Å². The third-order valence-corrected chi connectivity index (χ3v) is 13.7. The molecule has 1 saturated heterocycles. The summed E-state index contributed by atoms with van der Waals surface area (Å²) >= 11 is 5.89. The molecule has 1 fully saturated rings. The monoisotopic (exact) mass is 1240 g/mol. The molecule has 85 heavy (non-hydrogen) atoms. The summed E-state index contributed by atoms with van der Waals surface area (Å²) in [5.74, 6) is -18.1. The number of alkyl halides is 1. The Bertz CT molecular complexity index is 2250. The molecule has 33 heteroatoms. The molecule has 13 atom stereocenters. The van der Waals surface area contributed by atoms with Crippen LogP contribution in [0.2, 0.25) is 0 Å². The average molecular weight is 1240 g/mol. The molecule has 1 aliphatic rings. The highest BCUT2D eigenvalue weighted by Crippen LogP contribution is 2.15. The highest BCUT2D eigenvalue weighted by molar-refractivity contribution is 6.18. The molecule has 0 aliphatic carbocycles. The topological polar surface area (TPSA) is 542 Å². The van der Waals surface area contributed by atoms with E-state index in [1.807, 2.05) is 5.32 Å². The van der Waals surface area contributed by atoms with Crippen LogP contribution >= 0.6 is 11.6 Å². The van der Waals surface area contributed by atoms with Gasteiger partial charge in [-0.2, -0.15) is 0 Å². The first kappa shape index (κ1) is 76.4. The molecule has 0 aromatic heterocycles. The van der Waals surface area contributed by atoms with Crippen molar-refractivity contribution < 1.29 is 98.0 Å². The van der Waals surface area contributed by atoms with Crippen LogP contribution in [0.1, 0.15) is 130 Å². The Labute approximate surface area is 497 Å². The second-order valence-corrected chi connectivity index (χ2v) is 20.7. The molecule has 32 nitrogen and oxygen atoms in total. The van der Waals surface area contributed by atoms with E-state index < -0.39 is 207 Å². The number of allylic oxidation sites excluding steroid dienone is 1. The van der Waals surface area contributed by atoms with Crippen molar-refractivity contribution in [1.29, 1.82) is 0 Å². The van der Waals surface area contributed by atoms with E-state index in [4.69, 9.17) is 33.5 Å². The zero-order valence-corrected chi connectivity index (χ0v) is 48.9. The van der Waals surface area contributed by atoms with Gasteiger partial charge in [0.2, 0.25) is 47.3 Å². The van der Waals surface area contributed by atoms with Crippen molar-refractivity contribution in [3.05, 3.63) is 11.8 Å². The number of esters is 1. The van der Waals surface area contributed by atoms with Crippen molar-refractivity contribution in [2.24, 2.45) is 17.2 Å². The number of halogens is 1. The van der Waals surface area contributed by atoms with Crippen molar-refractivity contribution in [2.45, 2.75) is 209 Å². The van der Waals surface area contributed by atoms with Gasteiger partial charge in [0.15, 0.2) is 12.1 Å². The van der Waals surface area contributed by atoms with Gasteiger partial charge in [0.25, 0.3) is 5.91 Å². The molecule has 0 aromatic carbocycles. The SMILES string of the molecule is C/C=C1\NC(=O)[C@H]([C@H](C)O)NC(=O)[C@H](CCN)NC(=O)[C@H]([C@H](O)C(=O)O)NC(=O)[C@H](CCCCN)NC(=O)[C@H](CC(=O)O)NC(=O)[C@@H](CCN)NC(=O)[C@@H](NC(=O)CC(O)C(O)CCCCCCCCCCC)COC(=O)[C@H]([C@H](O)CCl)NC1=O. The maximum absolute atomic E-state index is 14.2. The van der Waals surface area contributed by atoms with Gasteiger partial charge >= 0.3 is 17.9 Å². The van der Waals surface area contributed by atoms with E-state index in [2.05, 4.69) is 49.5 Å². The number of amides is 9. The van der Waals surface area contributed by atoms with Gasteiger partial charge < -0.3 is 106 Å². The lowest BCUT2D eigenvalue weighted by atomic mass is 10.0. The Morgan fingerprint density at radius 2 is 1.12 bits per heavy atom. The van der Waals surface area contributed by atoms with Gasteiger partial charge in [0, 0.05) is 0 Å². The summed E-state index contributed by atoms with van der Waals surface area (Å²) in [6.45, 7) is 2.43. The van der Waals surface area contributed by atoms with E-state index in [-0.39, 0.29) is 32.2 Å².